The number of hydrogen-bond donors (Lipinski definition) is 3. The van der Waals surface area contributed by atoms with Crippen molar-refractivity contribution in [2.24, 2.45) is 0 Å². The van der Waals surface area contributed by atoms with Crippen molar-refractivity contribution in [2.45, 2.75) is 17.9 Å². The number of nitrogens with zero attached hydrogens (tertiary/aromatic N) is 2. The topological polar surface area (TPSA) is 135 Å². The number of nitrogens with one attached hydrogen (secondary N) is 3. The molecular weight excluding hydrogens is 566 g/mol. The Morgan fingerprint density at radius 1 is 0.976 bits per heavy atom. The number of aromatic nitrogens is 3. The summed E-state index contributed by atoms with van der Waals surface area (Å²) in [5, 5.41) is 10.8. The average molecular weight is 592 g/mol. The van der Waals surface area contributed by atoms with E-state index in [9.17, 15) is 13.2 Å². The molecule has 0 bridgehead atoms. The number of rotatable bonds is 10. The van der Waals surface area contributed by atoms with Crippen molar-refractivity contribution >= 4 is 44.3 Å². The Hall–Kier alpha value is -4.45. The minimum atomic E-state index is -4.11. The van der Waals surface area contributed by atoms with Crippen LogP contribution < -0.4 is 19.5 Å². The van der Waals surface area contributed by atoms with E-state index in [-0.39, 0.29) is 23.8 Å². The van der Waals surface area contributed by atoms with Crippen LogP contribution in [0.3, 0.4) is 0 Å². The average Bonchev–Trinajstić information content (AvgIpc) is 3.46. The normalized spacial score (nSPS) is 11.4. The van der Waals surface area contributed by atoms with Crippen molar-refractivity contribution in [3.8, 4) is 22.6 Å². The fourth-order valence-corrected chi connectivity index (χ4v) is 5.85. The Morgan fingerprint density at radius 2 is 1.80 bits per heavy atom. The van der Waals surface area contributed by atoms with Crippen LogP contribution in [0.5, 0.6) is 11.5 Å². The summed E-state index contributed by atoms with van der Waals surface area (Å²) in [5.74, 6) is 0.714. The first-order valence-electron chi connectivity index (χ1n) is 12.5. The number of fused-ring (bicyclic) bond motifs is 1. The van der Waals surface area contributed by atoms with Gasteiger partial charge in [0, 0.05) is 52.2 Å². The minimum absolute atomic E-state index is 0.0268. The van der Waals surface area contributed by atoms with E-state index in [1.807, 2.05) is 0 Å². The van der Waals surface area contributed by atoms with Gasteiger partial charge in [0.15, 0.2) is 5.65 Å². The summed E-state index contributed by atoms with van der Waals surface area (Å²) in [6.45, 7) is -0.0461. The highest BCUT2D eigenvalue weighted by molar-refractivity contribution is 7.89. The third-order valence-electron chi connectivity index (χ3n) is 6.45. The van der Waals surface area contributed by atoms with Crippen LogP contribution in [0, 0.1) is 0 Å². The van der Waals surface area contributed by atoms with Gasteiger partial charge in [-0.2, -0.15) is 5.10 Å². The van der Waals surface area contributed by atoms with Gasteiger partial charge in [-0.3, -0.25) is 9.89 Å². The number of halogens is 1. The number of aromatic amines is 1. The highest BCUT2D eigenvalue weighted by atomic mass is 35.5. The van der Waals surface area contributed by atoms with Crippen molar-refractivity contribution in [3.05, 3.63) is 95.3 Å². The molecule has 2 heterocycles. The van der Waals surface area contributed by atoms with Gasteiger partial charge in [-0.25, -0.2) is 18.1 Å². The fraction of sp³-hybridized carbons (Fsp3) is 0.138. The minimum Gasteiger partial charge on any atom is -0.497 e. The van der Waals surface area contributed by atoms with Gasteiger partial charge in [-0.1, -0.05) is 41.9 Å². The molecule has 12 heteroatoms. The summed E-state index contributed by atoms with van der Waals surface area (Å²) in [4.78, 5) is 17.0. The smallest absolute Gasteiger partial charge is 0.241 e. The quantitative estimate of drug-likeness (QED) is 0.209. The molecule has 0 saturated carbocycles. The largest absolute Gasteiger partial charge is 0.497 e. The predicted molar refractivity (Wildman–Crippen MR) is 157 cm³/mol. The molecule has 0 aliphatic carbocycles. The number of anilines is 1. The zero-order chi connectivity index (χ0) is 29.0. The maximum atomic E-state index is 13.8. The molecular formula is C29H26ClN5O5S. The van der Waals surface area contributed by atoms with Gasteiger partial charge in [-0.15, -0.1) is 0 Å². The van der Waals surface area contributed by atoms with Gasteiger partial charge >= 0.3 is 0 Å². The summed E-state index contributed by atoms with van der Waals surface area (Å²) in [5.41, 5.74) is 3.05. The van der Waals surface area contributed by atoms with Crippen molar-refractivity contribution in [2.75, 3.05) is 19.5 Å². The summed E-state index contributed by atoms with van der Waals surface area (Å²) in [6.07, 6.45) is 3.24. The Kier molecular flexibility index (Phi) is 8.20. The first-order chi connectivity index (χ1) is 19.8. The molecule has 3 N–H and O–H groups in total. The fourth-order valence-electron chi connectivity index (χ4n) is 4.40. The second kappa shape index (κ2) is 12.0. The molecule has 0 radical (unpaired) electrons. The Bertz CT molecular complexity index is 1840. The van der Waals surface area contributed by atoms with Gasteiger partial charge in [0.25, 0.3) is 0 Å². The summed E-state index contributed by atoms with van der Waals surface area (Å²) in [6, 6.07) is 18.6. The van der Waals surface area contributed by atoms with E-state index in [0.717, 1.165) is 0 Å². The number of sulfonamides is 1. The van der Waals surface area contributed by atoms with Crippen LogP contribution in [0.2, 0.25) is 5.02 Å². The van der Waals surface area contributed by atoms with Crippen molar-refractivity contribution in [1.82, 2.24) is 19.9 Å². The van der Waals surface area contributed by atoms with Gasteiger partial charge < -0.3 is 14.8 Å². The van der Waals surface area contributed by atoms with E-state index in [0.29, 0.717) is 55.5 Å². The van der Waals surface area contributed by atoms with Crippen molar-refractivity contribution in [3.63, 3.8) is 0 Å². The van der Waals surface area contributed by atoms with E-state index >= 15 is 0 Å². The lowest BCUT2D eigenvalue weighted by atomic mass is 10.0. The van der Waals surface area contributed by atoms with Crippen molar-refractivity contribution in [1.29, 1.82) is 0 Å². The first kappa shape index (κ1) is 28.1. The monoisotopic (exact) mass is 591 g/mol. The number of pyridine rings is 1. The highest BCUT2D eigenvalue weighted by Crippen LogP contribution is 2.34. The van der Waals surface area contributed by atoms with E-state index in [1.165, 1.54) is 20.3 Å². The van der Waals surface area contributed by atoms with Crippen molar-refractivity contribution < 1.29 is 22.7 Å². The number of amides is 1. The molecule has 5 aromatic rings. The van der Waals surface area contributed by atoms with Crippen LogP contribution in [0.4, 0.5) is 5.69 Å². The van der Waals surface area contributed by atoms with Gasteiger partial charge in [0.2, 0.25) is 15.9 Å². The van der Waals surface area contributed by atoms with Crippen LogP contribution >= 0.6 is 11.6 Å². The number of benzene rings is 3. The Balaban J connectivity index is 1.50. The van der Waals surface area contributed by atoms with Crippen LogP contribution in [0.15, 0.2) is 84.0 Å². The predicted octanol–water partition coefficient (Wildman–Crippen LogP) is 4.96. The Morgan fingerprint density at radius 3 is 2.59 bits per heavy atom. The number of hydrogen-bond acceptors (Lipinski definition) is 7. The lowest BCUT2D eigenvalue weighted by Crippen LogP contribution is -2.24. The number of carbonyl (C=O) groups is 1. The molecule has 41 heavy (non-hydrogen) atoms. The lowest BCUT2D eigenvalue weighted by Gasteiger charge is -2.16. The van der Waals surface area contributed by atoms with Gasteiger partial charge in [0.1, 0.15) is 11.5 Å². The molecule has 3 aromatic carbocycles. The second-order valence-corrected chi connectivity index (χ2v) is 11.2. The van der Waals surface area contributed by atoms with Crippen LogP contribution in [-0.4, -0.2) is 43.7 Å². The molecule has 0 aliphatic rings. The molecule has 5 rings (SSSR count). The van der Waals surface area contributed by atoms with E-state index in [2.05, 4.69) is 25.2 Å². The number of carbonyl (C=O) groups excluding carboxylic acids is 1. The van der Waals surface area contributed by atoms with Crippen LogP contribution in [0.1, 0.15) is 11.1 Å². The molecule has 0 saturated heterocycles. The SMILES string of the molecule is COc1ccc(CNS(=O)(=O)c2cc(NC(=O)Cc3ccccc3Cl)ccc2-c2ccnc3n[nH]cc23)c(OC)c1. The maximum absolute atomic E-state index is 13.8. The third kappa shape index (κ3) is 6.17. The third-order valence-corrected chi connectivity index (χ3v) is 8.26. The molecule has 0 aliphatic heterocycles. The molecule has 0 atom stereocenters. The van der Waals surface area contributed by atoms with Crippen LogP contribution in [0.25, 0.3) is 22.2 Å². The molecule has 10 nitrogen and oxygen atoms in total. The standard InChI is InChI=1S/C29H26ClN5O5S/c1-39-21-9-7-19(26(15-21)40-2)16-33-41(37,38)27-14-20(34-28(36)13-18-5-3-4-6-25(18)30)8-10-23(27)22-11-12-31-29-24(22)17-32-35-29/h3-12,14-15,17,33H,13,16H2,1-2H3,(H,34,36)(H,31,32,35). The molecule has 210 valence electrons. The summed E-state index contributed by atoms with van der Waals surface area (Å²) in [7, 11) is -1.08. The number of methoxy groups -OCH3 is 2. The lowest BCUT2D eigenvalue weighted by molar-refractivity contribution is -0.115. The maximum Gasteiger partial charge on any atom is 0.241 e. The van der Waals surface area contributed by atoms with E-state index in [1.54, 1.807) is 73.1 Å². The second-order valence-electron chi connectivity index (χ2n) is 9.01. The van der Waals surface area contributed by atoms with Gasteiger partial charge in [-0.05, 0) is 41.5 Å². The Labute approximate surface area is 241 Å². The highest BCUT2D eigenvalue weighted by Gasteiger charge is 2.23. The molecule has 2 aromatic heterocycles. The summed E-state index contributed by atoms with van der Waals surface area (Å²) >= 11 is 6.21. The molecule has 0 unspecified atom stereocenters. The van der Waals surface area contributed by atoms with E-state index in [4.69, 9.17) is 21.1 Å². The van der Waals surface area contributed by atoms with Gasteiger partial charge in [0.05, 0.1) is 25.5 Å². The zero-order valence-corrected chi connectivity index (χ0v) is 23.7. The molecule has 0 spiro atoms. The summed E-state index contributed by atoms with van der Waals surface area (Å²) < 4.78 is 41.0. The first-order valence-corrected chi connectivity index (χ1v) is 14.3. The molecule has 1 amide bonds. The van der Waals surface area contributed by atoms with Crippen LogP contribution in [-0.2, 0) is 27.8 Å². The number of ether oxygens (including phenoxy) is 2. The number of H-pyrrole nitrogens is 1. The van der Waals surface area contributed by atoms with E-state index < -0.39 is 10.0 Å². The zero-order valence-electron chi connectivity index (χ0n) is 22.1. The molecule has 0 fully saturated rings.